The van der Waals surface area contributed by atoms with Gasteiger partial charge in [0.15, 0.2) is 0 Å². The van der Waals surface area contributed by atoms with Crippen LogP contribution in [-0.2, 0) is 24.8 Å². The molecule has 1 aromatic heterocycles. The number of rotatable bonds is 9. The molecule has 0 aliphatic rings. The summed E-state index contributed by atoms with van der Waals surface area (Å²) in [4.78, 5) is 15.8. The Morgan fingerprint density at radius 1 is 0.968 bits per heavy atom. The van der Waals surface area contributed by atoms with Gasteiger partial charge in [-0.15, -0.1) is 5.10 Å². The smallest absolute Gasteiger partial charge is 0.264 e. The molecule has 0 unspecified atom stereocenters. The number of nitrogens with zero attached hydrogens (tertiary/aromatic N) is 2. The van der Waals surface area contributed by atoms with Crippen LogP contribution in [0.2, 0.25) is 5.02 Å². The van der Waals surface area contributed by atoms with Crippen molar-refractivity contribution in [2.24, 2.45) is 0 Å². The Morgan fingerprint density at radius 2 is 1.68 bits per heavy atom. The van der Waals surface area contributed by atoms with Crippen molar-refractivity contribution in [3.05, 3.63) is 59.6 Å². The molecule has 0 saturated carbocycles. The van der Waals surface area contributed by atoms with Crippen molar-refractivity contribution in [2.75, 3.05) is 16.6 Å². The van der Waals surface area contributed by atoms with Crippen molar-refractivity contribution in [2.45, 2.75) is 16.2 Å². The van der Waals surface area contributed by atoms with E-state index in [1.165, 1.54) is 30.3 Å². The quantitative estimate of drug-likeness (QED) is 0.358. The van der Waals surface area contributed by atoms with Crippen LogP contribution >= 0.6 is 11.6 Å². The molecule has 0 atom stereocenters. The van der Waals surface area contributed by atoms with Gasteiger partial charge in [0.2, 0.25) is 21.9 Å². The molecular weight excluding hydrogens is 468 g/mol. The van der Waals surface area contributed by atoms with Gasteiger partial charge in [-0.1, -0.05) is 35.9 Å². The fourth-order valence-electron chi connectivity index (χ4n) is 2.35. The Balaban J connectivity index is 1.52. The summed E-state index contributed by atoms with van der Waals surface area (Å²) in [6, 6.07) is 13.3. The number of hydrogen-bond acceptors (Lipinski definition) is 7. The first kappa shape index (κ1) is 22.7. The first-order chi connectivity index (χ1) is 14.7. The van der Waals surface area contributed by atoms with Crippen LogP contribution in [0.5, 0.6) is 0 Å². The average molecular weight is 485 g/mol. The van der Waals surface area contributed by atoms with Crippen molar-refractivity contribution in [1.82, 2.24) is 19.9 Å². The second kappa shape index (κ2) is 9.43. The normalized spacial score (nSPS) is 11.8. The van der Waals surface area contributed by atoms with Gasteiger partial charge >= 0.3 is 0 Å². The number of benzene rings is 2. The molecule has 3 aromatic rings. The SMILES string of the molecule is O=C(CCNS(=O)(=O)c1cccc(Cl)c1)Nc1nc(NS(=O)(=O)c2ccccc2)n[nH]1. The van der Waals surface area contributed by atoms with E-state index in [0.717, 1.165) is 0 Å². The van der Waals surface area contributed by atoms with Crippen molar-refractivity contribution in [3.8, 4) is 0 Å². The molecule has 1 amide bonds. The van der Waals surface area contributed by atoms with Crippen LogP contribution in [0.4, 0.5) is 11.9 Å². The van der Waals surface area contributed by atoms with Crippen LogP contribution in [0.1, 0.15) is 6.42 Å². The Morgan fingerprint density at radius 3 is 2.39 bits per heavy atom. The maximum atomic E-state index is 12.2. The van der Waals surface area contributed by atoms with Gasteiger partial charge in [-0.25, -0.2) is 31.4 Å². The highest BCUT2D eigenvalue weighted by Gasteiger charge is 2.18. The predicted octanol–water partition coefficient (Wildman–Crippen LogP) is 1.57. The fourth-order valence-corrected chi connectivity index (χ4v) is 4.65. The molecule has 1 heterocycles. The third-order valence-corrected chi connectivity index (χ3v) is 6.81. The summed E-state index contributed by atoms with van der Waals surface area (Å²) in [5, 5.41) is 8.69. The predicted molar refractivity (Wildman–Crippen MR) is 114 cm³/mol. The van der Waals surface area contributed by atoms with Crippen LogP contribution in [-0.4, -0.2) is 44.5 Å². The number of anilines is 2. The molecule has 14 heteroatoms. The number of hydrogen-bond donors (Lipinski definition) is 4. The lowest BCUT2D eigenvalue weighted by Crippen LogP contribution is -2.28. The zero-order valence-electron chi connectivity index (χ0n) is 15.7. The summed E-state index contributed by atoms with van der Waals surface area (Å²) in [6.07, 6.45) is -0.203. The lowest BCUT2D eigenvalue weighted by Gasteiger charge is -2.07. The van der Waals surface area contributed by atoms with Crippen molar-refractivity contribution < 1.29 is 21.6 Å². The van der Waals surface area contributed by atoms with Gasteiger partial charge in [-0.2, -0.15) is 4.98 Å². The molecule has 0 saturated heterocycles. The molecule has 11 nitrogen and oxygen atoms in total. The van der Waals surface area contributed by atoms with E-state index in [0.29, 0.717) is 0 Å². The zero-order chi connectivity index (χ0) is 22.5. The highest BCUT2D eigenvalue weighted by molar-refractivity contribution is 7.92. The summed E-state index contributed by atoms with van der Waals surface area (Å²) in [6.45, 7) is -0.178. The molecular formula is C17H17ClN6O5S2. The first-order valence-electron chi connectivity index (χ1n) is 8.71. The van der Waals surface area contributed by atoms with Gasteiger partial charge in [0.05, 0.1) is 9.79 Å². The second-order valence-corrected chi connectivity index (χ2v) is 9.97. The number of aromatic nitrogens is 3. The van der Waals surface area contributed by atoms with Crippen LogP contribution in [0.25, 0.3) is 0 Å². The number of H-pyrrole nitrogens is 1. The van der Waals surface area contributed by atoms with E-state index in [9.17, 15) is 21.6 Å². The first-order valence-corrected chi connectivity index (χ1v) is 12.1. The minimum atomic E-state index is -3.88. The minimum Gasteiger partial charge on any atom is -0.295 e. The molecule has 0 aliphatic carbocycles. The molecule has 3 rings (SSSR count). The Labute approximate surface area is 183 Å². The number of sulfonamides is 2. The van der Waals surface area contributed by atoms with Crippen LogP contribution in [0.3, 0.4) is 0 Å². The second-order valence-electron chi connectivity index (χ2n) is 6.08. The van der Waals surface area contributed by atoms with Crippen molar-refractivity contribution in [1.29, 1.82) is 0 Å². The molecule has 164 valence electrons. The van der Waals surface area contributed by atoms with Crippen molar-refractivity contribution >= 4 is 49.5 Å². The summed E-state index contributed by atoms with van der Waals surface area (Å²) in [7, 11) is -7.70. The van der Waals surface area contributed by atoms with Gasteiger partial charge in [-0.3, -0.25) is 10.1 Å². The third kappa shape index (κ3) is 6.24. The van der Waals surface area contributed by atoms with Gasteiger partial charge in [0.1, 0.15) is 0 Å². The Kier molecular flexibility index (Phi) is 6.90. The monoisotopic (exact) mass is 484 g/mol. The molecule has 2 aromatic carbocycles. The standard InChI is InChI=1S/C17H17ClN6O5S2/c18-12-5-4-8-14(11-12)30(26,27)19-10-9-15(25)20-16-21-17(23-22-16)24-31(28,29)13-6-2-1-3-7-13/h1-8,11,19H,9-10H2,(H3,20,21,22,23,24,25). The van der Waals surface area contributed by atoms with Gasteiger partial charge in [0, 0.05) is 18.0 Å². The van der Waals surface area contributed by atoms with Gasteiger partial charge in [0.25, 0.3) is 16.0 Å². The summed E-state index contributed by atoms with van der Waals surface area (Å²) < 4.78 is 53.3. The van der Waals surface area contributed by atoms with Crippen LogP contribution in [0.15, 0.2) is 64.4 Å². The van der Waals surface area contributed by atoms with E-state index in [1.807, 2.05) is 0 Å². The number of halogens is 1. The molecule has 0 fully saturated rings. The van der Waals surface area contributed by atoms with Crippen molar-refractivity contribution in [3.63, 3.8) is 0 Å². The minimum absolute atomic E-state index is 0.0222. The van der Waals surface area contributed by atoms with Gasteiger partial charge < -0.3 is 0 Å². The summed E-state index contributed by atoms with van der Waals surface area (Å²) >= 11 is 5.79. The number of carbonyl (C=O) groups is 1. The average Bonchev–Trinajstić information content (AvgIpc) is 3.14. The third-order valence-electron chi connectivity index (χ3n) is 3.77. The number of nitrogens with one attached hydrogen (secondary N) is 4. The summed E-state index contributed by atoms with van der Waals surface area (Å²) in [5.41, 5.74) is 0. The maximum absolute atomic E-state index is 12.2. The zero-order valence-corrected chi connectivity index (χ0v) is 18.1. The van der Waals surface area contributed by atoms with E-state index in [-0.39, 0.29) is 39.7 Å². The van der Waals surface area contributed by atoms with Crippen LogP contribution in [0, 0.1) is 0 Å². The molecule has 0 bridgehead atoms. The number of carbonyl (C=O) groups excluding carboxylic acids is 1. The number of aromatic amines is 1. The lowest BCUT2D eigenvalue weighted by atomic mass is 10.4. The van der Waals surface area contributed by atoms with Crippen LogP contribution < -0.4 is 14.8 Å². The van der Waals surface area contributed by atoms with Gasteiger partial charge in [-0.05, 0) is 30.3 Å². The molecule has 31 heavy (non-hydrogen) atoms. The largest absolute Gasteiger partial charge is 0.295 e. The highest BCUT2D eigenvalue weighted by atomic mass is 35.5. The Bertz CT molecular complexity index is 1280. The molecule has 0 radical (unpaired) electrons. The molecule has 0 aliphatic heterocycles. The Hall–Kier alpha value is -3.00. The fraction of sp³-hybridized carbons (Fsp3) is 0.118. The summed E-state index contributed by atoms with van der Waals surface area (Å²) in [5.74, 6) is -0.934. The van der Waals surface area contributed by atoms with E-state index < -0.39 is 26.0 Å². The van der Waals surface area contributed by atoms with E-state index in [2.05, 4.69) is 29.9 Å². The maximum Gasteiger partial charge on any atom is 0.264 e. The number of amides is 1. The van der Waals surface area contributed by atoms with E-state index in [4.69, 9.17) is 11.6 Å². The topological polar surface area (TPSA) is 163 Å². The van der Waals surface area contributed by atoms with E-state index >= 15 is 0 Å². The lowest BCUT2D eigenvalue weighted by molar-refractivity contribution is -0.116. The highest BCUT2D eigenvalue weighted by Crippen LogP contribution is 2.15. The molecule has 4 N–H and O–H groups in total. The molecule has 0 spiro atoms. The van der Waals surface area contributed by atoms with E-state index in [1.54, 1.807) is 24.3 Å².